The third kappa shape index (κ3) is 3.70. The number of rotatable bonds is 6. The quantitative estimate of drug-likeness (QED) is 0.492. The summed E-state index contributed by atoms with van der Waals surface area (Å²) in [6.45, 7) is 7.80. The lowest BCUT2D eigenvalue weighted by Gasteiger charge is -2.23. The van der Waals surface area contributed by atoms with Crippen LogP contribution in [-0.2, 0) is 10.0 Å². The summed E-state index contributed by atoms with van der Waals surface area (Å²) < 4.78 is 26.7. The molecule has 118 valence electrons. The summed E-state index contributed by atoms with van der Waals surface area (Å²) in [6, 6.07) is 2.37. The van der Waals surface area contributed by atoms with E-state index in [9.17, 15) is 18.5 Å². The fourth-order valence-corrected chi connectivity index (χ4v) is 3.92. The summed E-state index contributed by atoms with van der Waals surface area (Å²) >= 11 is 0. The van der Waals surface area contributed by atoms with Gasteiger partial charge >= 0.3 is 0 Å². The van der Waals surface area contributed by atoms with Crippen LogP contribution in [0.3, 0.4) is 0 Å². The second-order valence-corrected chi connectivity index (χ2v) is 7.19. The van der Waals surface area contributed by atoms with E-state index in [4.69, 9.17) is 5.73 Å². The van der Waals surface area contributed by atoms with Gasteiger partial charge in [-0.05, 0) is 24.5 Å². The van der Waals surface area contributed by atoms with Crippen molar-refractivity contribution >= 4 is 21.4 Å². The van der Waals surface area contributed by atoms with Crippen LogP contribution >= 0.6 is 0 Å². The molecule has 0 aliphatic carbocycles. The molecule has 0 aliphatic heterocycles. The van der Waals surface area contributed by atoms with Crippen molar-refractivity contribution in [3.05, 3.63) is 27.8 Å². The van der Waals surface area contributed by atoms with Crippen LogP contribution in [0.5, 0.6) is 0 Å². The molecular formula is C13H21N3O4S. The van der Waals surface area contributed by atoms with E-state index in [0.29, 0.717) is 18.7 Å². The molecule has 1 rings (SSSR count). The summed E-state index contributed by atoms with van der Waals surface area (Å²) in [5, 5.41) is 10.9. The number of nitrogen functional groups attached to an aromatic ring is 1. The van der Waals surface area contributed by atoms with Crippen molar-refractivity contribution in [3.8, 4) is 0 Å². The normalized spacial score (nSPS) is 12.1. The van der Waals surface area contributed by atoms with Gasteiger partial charge in [-0.1, -0.05) is 20.8 Å². The number of hydrogen-bond donors (Lipinski definition) is 1. The van der Waals surface area contributed by atoms with Crippen molar-refractivity contribution in [2.45, 2.75) is 32.6 Å². The van der Waals surface area contributed by atoms with E-state index in [1.165, 1.54) is 10.4 Å². The summed E-state index contributed by atoms with van der Waals surface area (Å²) in [7, 11) is -3.78. The Balaban J connectivity index is 3.43. The highest BCUT2D eigenvalue weighted by molar-refractivity contribution is 7.89. The molecule has 0 aliphatic rings. The number of anilines is 1. The highest BCUT2D eigenvalue weighted by Crippen LogP contribution is 2.30. The first-order chi connectivity index (χ1) is 9.61. The molecule has 21 heavy (non-hydrogen) atoms. The maximum Gasteiger partial charge on any atom is 0.293 e. The van der Waals surface area contributed by atoms with Crippen molar-refractivity contribution in [2.75, 3.05) is 18.8 Å². The van der Waals surface area contributed by atoms with Gasteiger partial charge in [-0.15, -0.1) is 0 Å². The molecule has 0 atom stereocenters. The highest BCUT2D eigenvalue weighted by Gasteiger charge is 2.28. The van der Waals surface area contributed by atoms with Crippen molar-refractivity contribution in [3.63, 3.8) is 0 Å². The zero-order valence-electron chi connectivity index (χ0n) is 12.7. The summed E-state index contributed by atoms with van der Waals surface area (Å²) in [4.78, 5) is 10.2. The van der Waals surface area contributed by atoms with Gasteiger partial charge in [0.2, 0.25) is 10.0 Å². The van der Waals surface area contributed by atoms with E-state index in [1.807, 2.05) is 13.8 Å². The van der Waals surface area contributed by atoms with Gasteiger partial charge in [0.25, 0.3) is 5.69 Å². The van der Waals surface area contributed by atoms with Gasteiger partial charge in [0.05, 0.1) is 9.82 Å². The van der Waals surface area contributed by atoms with E-state index < -0.39 is 14.9 Å². The lowest BCUT2D eigenvalue weighted by atomic mass is 10.2. The van der Waals surface area contributed by atoms with Crippen molar-refractivity contribution < 1.29 is 13.3 Å². The average Bonchev–Trinajstić information content (AvgIpc) is 2.34. The van der Waals surface area contributed by atoms with E-state index >= 15 is 0 Å². The molecule has 0 spiro atoms. The smallest absolute Gasteiger partial charge is 0.293 e. The molecular weight excluding hydrogens is 294 g/mol. The van der Waals surface area contributed by atoms with Crippen molar-refractivity contribution in [2.24, 2.45) is 5.92 Å². The SMILES string of the molecule is CCN(CC(C)C)S(=O)(=O)c1cc([N+](=O)[O-])c(N)cc1C. The first-order valence-electron chi connectivity index (χ1n) is 6.65. The fourth-order valence-electron chi connectivity index (χ4n) is 2.08. The third-order valence-electron chi connectivity index (χ3n) is 3.06. The Kier molecular flexibility index (Phi) is 5.30. The lowest BCUT2D eigenvalue weighted by molar-refractivity contribution is -0.384. The van der Waals surface area contributed by atoms with Gasteiger partial charge in [0.15, 0.2) is 0 Å². The second kappa shape index (κ2) is 6.40. The minimum absolute atomic E-state index is 0.0386. The summed E-state index contributed by atoms with van der Waals surface area (Å²) in [5.74, 6) is 0.156. The molecule has 0 saturated carbocycles. The van der Waals surface area contributed by atoms with Gasteiger partial charge < -0.3 is 5.73 Å². The Bertz CT molecular complexity index is 641. The predicted octanol–water partition coefficient (Wildman–Crippen LogP) is 2.15. The molecule has 0 unspecified atom stereocenters. The third-order valence-corrected chi connectivity index (χ3v) is 5.14. The zero-order chi connectivity index (χ0) is 16.4. The highest BCUT2D eigenvalue weighted by atomic mass is 32.2. The molecule has 1 aromatic carbocycles. The van der Waals surface area contributed by atoms with Gasteiger partial charge in [-0.2, -0.15) is 4.31 Å². The minimum atomic E-state index is -3.78. The predicted molar refractivity (Wildman–Crippen MR) is 81.5 cm³/mol. The Hall–Kier alpha value is -1.67. The average molecular weight is 315 g/mol. The Morgan fingerprint density at radius 1 is 1.38 bits per heavy atom. The number of sulfonamides is 1. The van der Waals surface area contributed by atoms with Crippen LogP contribution in [0.4, 0.5) is 11.4 Å². The largest absolute Gasteiger partial charge is 0.393 e. The van der Waals surface area contributed by atoms with E-state index in [-0.39, 0.29) is 22.2 Å². The van der Waals surface area contributed by atoms with Crippen LogP contribution in [0.2, 0.25) is 0 Å². The van der Waals surface area contributed by atoms with Crippen LogP contribution in [-0.4, -0.2) is 30.7 Å². The monoisotopic (exact) mass is 315 g/mol. The van der Waals surface area contributed by atoms with Gasteiger partial charge in [-0.25, -0.2) is 8.42 Å². The lowest BCUT2D eigenvalue weighted by Crippen LogP contribution is -2.34. The first kappa shape index (κ1) is 17.4. The van der Waals surface area contributed by atoms with E-state index in [2.05, 4.69) is 0 Å². The number of nitrogens with two attached hydrogens (primary N) is 1. The molecule has 0 bridgehead atoms. The Morgan fingerprint density at radius 3 is 2.38 bits per heavy atom. The van der Waals surface area contributed by atoms with Crippen LogP contribution in [0, 0.1) is 23.0 Å². The van der Waals surface area contributed by atoms with Crippen molar-refractivity contribution in [1.29, 1.82) is 0 Å². The Labute approximate surface area is 124 Å². The van der Waals surface area contributed by atoms with Gasteiger partial charge in [-0.3, -0.25) is 10.1 Å². The molecule has 0 heterocycles. The van der Waals surface area contributed by atoms with Crippen LogP contribution in [0.25, 0.3) is 0 Å². The number of nitro groups is 1. The van der Waals surface area contributed by atoms with Gasteiger partial charge in [0, 0.05) is 19.2 Å². The molecule has 2 N–H and O–H groups in total. The minimum Gasteiger partial charge on any atom is -0.393 e. The molecule has 8 heteroatoms. The number of nitro benzene ring substituents is 1. The molecule has 0 radical (unpaired) electrons. The molecule has 7 nitrogen and oxygen atoms in total. The number of nitrogens with zero attached hydrogens (tertiary/aromatic N) is 2. The van der Waals surface area contributed by atoms with Crippen LogP contribution < -0.4 is 5.73 Å². The molecule has 0 aromatic heterocycles. The summed E-state index contributed by atoms with van der Waals surface area (Å²) in [5.41, 5.74) is 5.55. The van der Waals surface area contributed by atoms with Crippen LogP contribution in [0.15, 0.2) is 17.0 Å². The topological polar surface area (TPSA) is 107 Å². The Morgan fingerprint density at radius 2 is 1.95 bits per heavy atom. The standard InChI is InChI=1S/C13H21N3O4S/c1-5-15(8-9(2)3)21(19,20)13-7-12(16(17)18)11(14)6-10(13)4/h6-7,9H,5,8,14H2,1-4H3. The number of hydrogen-bond acceptors (Lipinski definition) is 5. The zero-order valence-corrected chi connectivity index (χ0v) is 13.5. The van der Waals surface area contributed by atoms with E-state index in [0.717, 1.165) is 6.07 Å². The van der Waals surface area contributed by atoms with Gasteiger partial charge in [0.1, 0.15) is 5.69 Å². The maximum atomic E-state index is 12.7. The number of aryl methyl sites for hydroxylation is 1. The molecule has 0 saturated heterocycles. The molecule has 0 fully saturated rings. The second-order valence-electron chi connectivity index (χ2n) is 5.28. The van der Waals surface area contributed by atoms with E-state index in [1.54, 1.807) is 13.8 Å². The summed E-state index contributed by atoms with van der Waals surface area (Å²) in [6.07, 6.45) is 0. The molecule has 1 aromatic rings. The fraction of sp³-hybridized carbons (Fsp3) is 0.538. The first-order valence-corrected chi connectivity index (χ1v) is 8.09. The van der Waals surface area contributed by atoms with Crippen LogP contribution in [0.1, 0.15) is 26.3 Å². The maximum absolute atomic E-state index is 12.7. The van der Waals surface area contributed by atoms with Crippen molar-refractivity contribution in [1.82, 2.24) is 4.31 Å². The number of benzene rings is 1. The molecule has 0 amide bonds.